The second-order valence-corrected chi connectivity index (χ2v) is 8.98. The van der Waals surface area contributed by atoms with Crippen LogP contribution in [-0.4, -0.2) is 54.2 Å². The Bertz CT molecular complexity index is 825. The third kappa shape index (κ3) is 5.21. The van der Waals surface area contributed by atoms with Crippen molar-refractivity contribution in [3.05, 3.63) is 65.2 Å². The number of aliphatic hydroxyl groups is 1. The normalized spacial score (nSPS) is 17.6. The van der Waals surface area contributed by atoms with E-state index in [2.05, 4.69) is 62.1 Å². The van der Waals surface area contributed by atoms with Crippen molar-refractivity contribution in [2.75, 3.05) is 33.4 Å². The molecule has 1 aliphatic rings. The Hall–Kier alpha value is -2.37. The number of hydrogen-bond donors (Lipinski definition) is 1. The first-order valence-corrected chi connectivity index (χ1v) is 10.7. The molecule has 2 aromatic carbocycles. The number of hydrogen-bond acceptors (Lipinski definition) is 4. The zero-order valence-corrected chi connectivity index (χ0v) is 18.6. The fourth-order valence-corrected chi connectivity index (χ4v) is 3.99. The van der Waals surface area contributed by atoms with Gasteiger partial charge in [0.1, 0.15) is 11.9 Å². The molecule has 0 spiro atoms. The van der Waals surface area contributed by atoms with Gasteiger partial charge in [0.15, 0.2) is 0 Å². The minimum Gasteiger partial charge on any atom is -0.497 e. The molecule has 1 N–H and O–H groups in total. The van der Waals surface area contributed by atoms with Crippen LogP contribution in [-0.2, 0) is 16.6 Å². The molecular weight excluding hydrogens is 376 g/mol. The lowest BCUT2D eigenvalue weighted by Gasteiger charge is -2.31. The SMILES string of the molecule is COc1ccc(CCN2C(=O)CN(CCCO)C2c2ccc(C(C)(C)C)cc2)cc1. The van der Waals surface area contributed by atoms with E-state index in [4.69, 9.17) is 4.74 Å². The summed E-state index contributed by atoms with van der Waals surface area (Å²) in [4.78, 5) is 17.0. The average molecular weight is 411 g/mol. The van der Waals surface area contributed by atoms with Crippen LogP contribution in [0.25, 0.3) is 0 Å². The van der Waals surface area contributed by atoms with Crippen LogP contribution in [0.2, 0.25) is 0 Å². The molecule has 5 nitrogen and oxygen atoms in total. The summed E-state index contributed by atoms with van der Waals surface area (Å²) in [5.41, 5.74) is 3.68. The Kier molecular flexibility index (Phi) is 7.16. The lowest BCUT2D eigenvalue weighted by atomic mass is 9.86. The molecule has 0 radical (unpaired) electrons. The number of aliphatic hydroxyl groups excluding tert-OH is 1. The predicted molar refractivity (Wildman–Crippen MR) is 120 cm³/mol. The third-order valence-electron chi connectivity index (χ3n) is 5.78. The molecule has 3 rings (SSSR count). The van der Waals surface area contributed by atoms with Crippen LogP contribution in [0.3, 0.4) is 0 Å². The van der Waals surface area contributed by atoms with E-state index in [0.717, 1.165) is 17.7 Å². The van der Waals surface area contributed by atoms with Gasteiger partial charge in [0.2, 0.25) is 5.91 Å². The summed E-state index contributed by atoms with van der Waals surface area (Å²) in [6, 6.07) is 16.7. The van der Waals surface area contributed by atoms with Crippen molar-refractivity contribution in [2.45, 2.75) is 45.2 Å². The fraction of sp³-hybridized carbons (Fsp3) is 0.480. The molecule has 1 aliphatic heterocycles. The van der Waals surface area contributed by atoms with E-state index < -0.39 is 0 Å². The summed E-state index contributed by atoms with van der Waals surface area (Å²) in [6.45, 7) is 8.50. The number of carbonyl (C=O) groups excluding carboxylic acids is 1. The minimum absolute atomic E-state index is 0.0867. The van der Waals surface area contributed by atoms with Gasteiger partial charge in [0, 0.05) is 19.7 Å². The molecule has 5 heteroatoms. The number of carbonyl (C=O) groups is 1. The summed E-state index contributed by atoms with van der Waals surface area (Å²) < 4.78 is 5.23. The van der Waals surface area contributed by atoms with Gasteiger partial charge >= 0.3 is 0 Å². The van der Waals surface area contributed by atoms with Crippen LogP contribution < -0.4 is 4.74 Å². The van der Waals surface area contributed by atoms with E-state index in [-0.39, 0.29) is 24.1 Å². The minimum atomic E-state index is -0.0867. The van der Waals surface area contributed by atoms with Crippen molar-refractivity contribution in [2.24, 2.45) is 0 Å². The summed E-state index contributed by atoms with van der Waals surface area (Å²) in [6.07, 6.45) is 1.37. The van der Waals surface area contributed by atoms with Crippen molar-refractivity contribution in [1.82, 2.24) is 9.80 Å². The molecule has 2 aromatic rings. The zero-order valence-electron chi connectivity index (χ0n) is 18.6. The Labute approximate surface area is 180 Å². The third-order valence-corrected chi connectivity index (χ3v) is 5.78. The predicted octanol–water partition coefficient (Wildman–Crippen LogP) is 3.76. The first kappa shape index (κ1) is 22.3. The first-order valence-electron chi connectivity index (χ1n) is 10.7. The highest BCUT2D eigenvalue weighted by Crippen LogP contribution is 2.33. The van der Waals surface area contributed by atoms with Crippen molar-refractivity contribution < 1.29 is 14.6 Å². The van der Waals surface area contributed by atoms with E-state index in [9.17, 15) is 9.90 Å². The fourth-order valence-electron chi connectivity index (χ4n) is 3.99. The quantitative estimate of drug-likeness (QED) is 0.720. The van der Waals surface area contributed by atoms with E-state index >= 15 is 0 Å². The molecule has 1 amide bonds. The Morgan fingerprint density at radius 2 is 1.70 bits per heavy atom. The molecule has 162 valence electrons. The Morgan fingerprint density at radius 1 is 1.03 bits per heavy atom. The van der Waals surface area contributed by atoms with Crippen LogP contribution >= 0.6 is 0 Å². The number of rotatable bonds is 8. The second-order valence-electron chi connectivity index (χ2n) is 8.98. The topological polar surface area (TPSA) is 53.0 Å². The van der Waals surface area contributed by atoms with Crippen LogP contribution in [0.4, 0.5) is 0 Å². The van der Waals surface area contributed by atoms with Gasteiger partial charge < -0.3 is 14.7 Å². The molecule has 0 aromatic heterocycles. The van der Waals surface area contributed by atoms with Gasteiger partial charge in [-0.15, -0.1) is 0 Å². The summed E-state index contributed by atoms with van der Waals surface area (Å²) in [5, 5.41) is 9.30. The Balaban J connectivity index is 1.80. The highest BCUT2D eigenvalue weighted by Gasteiger charge is 2.38. The number of amides is 1. The van der Waals surface area contributed by atoms with E-state index in [1.165, 1.54) is 11.1 Å². The monoisotopic (exact) mass is 410 g/mol. The molecular formula is C25H34N2O3. The highest BCUT2D eigenvalue weighted by molar-refractivity contribution is 5.81. The number of methoxy groups -OCH3 is 1. The van der Waals surface area contributed by atoms with Crippen molar-refractivity contribution in [1.29, 1.82) is 0 Å². The van der Waals surface area contributed by atoms with E-state index in [1.807, 2.05) is 17.0 Å². The average Bonchev–Trinajstić information content (AvgIpc) is 3.05. The van der Waals surface area contributed by atoms with Crippen molar-refractivity contribution >= 4 is 5.91 Å². The van der Waals surface area contributed by atoms with Crippen molar-refractivity contribution in [3.8, 4) is 5.75 Å². The van der Waals surface area contributed by atoms with Crippen LogP contribution in [0.5, 0.6) is 5.75 Å². The van der Waals surface area contributed by atoms with Gasteiger partial charge in [0.05, 0.1) is 13.7 Å². The smallest absolute Gasteiger partial charge is 0.238 e. The zero-order chi connectivity index (χ0) is 21.7. The van der Waals surface area contributed by atoms with Crippen LogP contribution in [0, 0.1) is 0 Å². The number of benzene rings is 2. The molecule has 1 saturated heterocycles. The van der Waals surface area contributed by atoms with Crippen LogP contribution in [0.1, 0.15) is 50.0 Å². The molecule has 1 atom stereocenters. The lowest BCUT2D eigenvalue weighted by Crippen LogP contribution is -2.34. The van der Waals surface area contributed by atoms with Gasteiger partial charge in [-0.1, -0.05) is 57.2 Å². The van der Waals surface area contributed by atoms with E-state index in [1.54, 1.807) is 7.11 Å². The summed E-state index contributed by atoms with van der Waals surface area (Å²) >= 11 is 0. The molecule has 0 bridgehead atoms. The lowest BCUT2D eigenvalue weighted by molar-refractivity contribution is -0.128. The molecule has 1 unspecified atom stereocenters. The van der Waals surface area contributed by atoms with Gasteiger partial charge in [-0.25, -0.2) is 0 Å². The number of ether oxygens (including phenoxy) is 1. The van der Waals surface area contributed by atoms with Gasteiger partial charge in [0.25, 0.3) is 0 Å². The first-order chi connectivity index (χ1) is 14.3. The molecule has 1 heterocycles. The molecule has 0 aliphatic carbocycles. The standard InChI is InChI=1S/C25H34N2O3/c1-25(2,3)21-10-8-20(9-11-21)24-26(15-5-17-28)18-23(29)27(24)16-14-19-6-12-22(30-4)13-7-19/h6-13,24,28H,5,14-18H2,1-4H3. The maximum absolute atomic E-state index is 12.9. The molecule has 0 saturated carbocycles. The number of nitrogens with zero attached hydrogens (tertiary/aromatic N) is 2. The maximum Gasteiger partial charge on any atom is 0.238 e. The largest absolute Gasteiger partial charge is 0.497 e. The van der Waals surface area contributed by atoms with Crippen LogP contribution in [0.15, 0.2) is 48.5 Å². The summed E-state index contributed by atoms with van der Waals surface area (Å²) in [5.74, 6) is 0.981. The van der Waals surface area contributed by atoms with Gasteiger partial charge in [-0.05, 0) is 47.1 Å². The molecule has 30 heavy (non-hydrogen) atoms. The maximum atomic E-state index is 12.9. The highest BCUT2D eigenvalue weighted by atomic mass is 16.5. The van der Waals surface area contributed by atoms with E-state index in [0.29, 0.717) is 26.1 Å². The van der Waals surface area contributed by atoms with Crippen molar-refractivity contribution in [3.63, 3.8) is 0 Å². The molecule has 1 fully saturated rings. The van der Waals surface area contributed by atoms with Gasteiger partial charge in [-0.3, -0.25) is 9.69 Å². The Morgan fingerprint density at radius 3 is 2.27 bits per heavy atom. The summed E-state index contributed by atoms with van der Waals surface area (Å²) in [7, 11) is 1.66. The van der Waals surface area contributed by atoms with Gasteiger partial charge in [-0.2, -0.15) is 0 Å². The second kappa shape index (κ2) is 9.63.